The summed E-state index contributed by atoms with van der Waals surface area (Å²) in [6, 6.07) is 1.02. The van der Waals surface area contributed by atoms with E-state index < -0.39 is 8.07 Å². The number of carbonyl (C=O) groups is 1. The second-order valence-electron chi connectivity index (χ2n) is 4.04. The summed E-state index contributed by atoms with van der Waals surface area (Å²) < 4.78 is 0. The standard InChI is InChI=1S/C9H18OSi/c1-5-6-9(7-10)8-11(2,3)4/h6-7H,5,8H2,1-4H3/b9-6+. The van der Waals surface area contributed by atoms with Gasteiger partial charge in [-0.05, 0) is 18.0 Å². The minimum Gasteiger partial charge on any atom is -0.298 e. The average molecular weight is 170 g/mol. The zero-order valence-corrected chi connectivity index (χ0v) is 8.98. The molecule has 0 N–H and O–H groups in total. The minimum atomic E-state index is -1.08. The van der Waals surface area contributed by atoms with E-state index in [0.717, 1.165) is 24.3 Å². The van der Waals surface area contributed by atoms with Crippen LogP contribution in [0.4, 0.5) is 0 Å². The molecule has 0 heterocycles. The summed E-state index contributed by atoms with van der Waals surface area (Å²) in [5.41, 5.74) is 0.992. The van der Waals surface area contributed by atoms with Crippen LogP contribution in [0.15, 0.2) is 11.6 Å². The maximum Gasteiger partial charge on any atom is 0.145 e. The van der Waals surface area contributed by atoms with Gasteiger partial charge in [0.1, 0.15) is 6.29 Å². The molecule has 0 aliphatic heterocycles. The van der Waals surface area contributed by atoms with Gasteiger partial charge in [0.25, 0.3) is 0 Å². The molecule has 1 nitrogen and oxygen atoms in total. The Hall–Kier alpha value is -0.373. The fourth-order valence-corrected chi connectivity index (χ4v) is 2.49. The molecule has 0 saturated heterocycles. The number of hydrogen-bond donors (Lipinski definition) is 0. The molecule has 0 bridgehead atoms. The number of aldehydes is 1. The minimum absolute atomic E-state index is 0.971. The molecule has 0 aliphatic carbocycles. The molecule has 0 aromatic carbocycles. The van der Waals surface area contributed by atoms with Gasteiger partial charge in [-0.1, -0.05) is 32.6 Å². The van der Waals surface area contributed by atoms with Gasteiger partial charge in [0.2, 0.25) is 0 Å². The molecule has 0 rings (SSSR count). The van der Waals surface area contributed by atoms with E-state index in [0.29, 0.717) is 0 Å². The van der Waals surface area contributed by atoms with Crippen molar-refractivity contribution >= 4 is 14.4 Å². The Balaban J connectivity index is 4.09. The highest BCUT2D eigenvalue weighted by atomic mass is 28.3. The molecule has 11 heavy (non-hydrogen) atoms. The van der Waals surface area contributed by atoms with E-state index in [2.05, 4.69) is 26.6 Å². The molecule has 0 unspecified atom stereocenters. The predicted octanol–water partition coefficient (Wildman–Crippen LogP) is 2.86. The summed E-state index contributed by atoms with van der Waals surface area (Å²) in [6.45, 7) is 8.90. The number of carbonyl (C=O) groups excluding carboxylic acids is 1. The van der Waals surface area contributed by atoms with E-state index in [1.165, 1.54) is 0 Å². The molecule has 0 amide bonds. The number of rotatable bonds is 4. The predicted molar refractivity (Wildman–Crippen MR) is 52.6 cm³/mol. The largest absolute Gasteiger partial charge is 0.298 e. The van der Waals surface area contributed by atoms with Crippen molar-refractivity contribution in [1.82, 2.24) is 0 Å². The molecule has 0 aliphatic rings. The first-order chi connectivity index (χ1) is 4.99. The van der Waals surface area contributed by atoms with Gasteiger partial charge >= 0.3 is 0 Å². The maximum atomic E-state index is 10.5. The molecule has 0 saturated carbocycles. The first-order valence-electron chi connectivity index (χ1n) is 4.14. The van der Waals surface area contributed by atoms with Crippen molar-refractivity contribution in [2.24, 2.45) is 0 Å². The van der Waals surface area contributed by atoms with Crippen molar-refractivity contribution in [1.29, 1.82) is 0 Å². The van der Waals surface area contributed by atoms with Crippen molar-refractivity contribution in [3.8, 4) is 0 Å². The van der Waals surface area contributed by atoms with Gasteiger partial charge in [-0.3, -0.25) is 4.79 Å². The summed E-state index contributed by atoms with van der Waals surface area (Å²) in [5, 5.41) is 0. The lowest BCUT2D eigenvalue weighted by Gasteiger charge is -2.14. The average Bonchev–Trinajstić information content (AvgIpc) is 1.84. The maximum absolute atomic E-state index is 10.5. The Morgan fingerprint density at radius 3 is 2.18 bits per heavy atom. The summed E-state index contributed by atoms with van der Waals surface area (Å²) in [4.78, 5) is 10.5. The number of allylic oxidation sites excluding steroid dienone is 2. The molecule has 0 spiro atoms. The van der Waals surface area contributed by atoms with Crippen LogP contribution in [-0.2, 0) is 4.79 Å². The third-order valence-electron chi connectivity index (χ3n) is 1.35. The first kappa shape index (κ1) is 10.6. The van der Waals surface area contributed by atoms with Gasteiger partial charge in [-0.2, -0.15) is 0 Å². The SMILES string of the molecule is CC/C=C(\C=O)C[Si](C)(C)C. The highest BCUT2D eigenvalue weighted by Gasteiger charge is 2.14. The van der Waals surface area contributed by atoms with E-state index in [1.807, 2.05) is 6.08 Å². The van der Waals surface area contributed by atoms with Crippen molar-refractivity contribution in [3.05, 3.63) is 11.6 Å². The highest BCUT2D eigenvalue weighted by molar-refractivity contribution is 6.76. The van der Waals surface area contributed by atoms with Gasteiger partial charge in [0, 0.05) is 8.07 Å². The zero-order valence-electron chi connectivity index (χ0n) is 7.98. The Morgan fingerprint density at radius 2 is 1.91 bits per heavy atom. The molecule has 0 radical (unpaired) electrons. The lowest BCUT2D eigenvalue weighted by Crippen LogP contribution is -2.20. The quantitative estimate of drug-likeness (QED) is 0.360. The van der Waals surface area contributed by atoms with E-state index in [9.17, 15) is 4.79 Å². The Kier molecular flexibility index (Phi) is 4.34. The van der Waals surface area contributed by atoms with Gasteiger partial charge in [-0.25, -0.2) is 0 Å². The van der Waals surface area contributed by atoms with Crippen molar-refractivity contribution in [3.63, 3.8) is 0 Å². The van der Waals surface area contributed by atoms with Crippen LogP contribution in [-0.4, -0.2) is 14.4 Å². The summed E-state index contributed by atoms with van der Waals surface area (Å²) in [7, 11) is -1.08. The lowest BCUT2D eigenvalue weighted by molar-refractivity contribution is -0.104. The summed E-state index contributed by atoms with van der Waals surface area (Å²) >= 11 is 0. The molecule has 2 heteroatoms. The van der Waals surface area contributed by atoms with E-state index in [4.69, 9.17) is 0 Å². The van der Waals surface area contributed by atoms with Crippen LogP contribution in [0, 0.1) is 0 Å². The van der Waals surface area contributed by atoms with Crippen LogP contribution in [0.25, 0.3) is 0 Å². The van der Waals surface area contributed by atoms with Crippen LogP contribution in [0.3, 0.4) is 0 Å². The lowest BCUT2D eigenvalue weighted by atomic mass is 10.3. The van der Waals surface area contributed by atoms with Gasteiger partial charge in [0.05, 0.1) is 0 Å². The molecular formula is C9H18OSi. The van der Waals surface area contributed by atoms with E-state index >= 15 is 0 Å². The monoisotopic (exact) mass is 170 g/mol. The third-order valence-corrected chi connectivity index (χ3v) is 2.82. The van der Waals surface area contributed by atoms with Gasteiger partial charge in [0.15, 0.2) is 0 Å². The Bertz CT molecular complexity index is 153. The fraction of sp³-hybridized carbons (Fsp3) is 0.667. The molecule has 64 valence electrons. The van der Waals surface area contributed by atoms with E-state index in [-0.39, 0.29) is 0 Å². The highest BCUT2D eigenvalue weighted by Crippen LogP contribution is 2.14. The summed E-state index contributed by atoms with van der Waals surface area (Å²) in [6.07, 6.45) is 4.01. The van der Waals surface area contributed by atoms with Gasteiger partial charge < -0.3 is 0 Å². The van der Waals surface area contributed by atoms with Crippen LogP contribution < -0.4 is 0 Å². The van der Waals surface area contributed by atoms with Crippen molar-refractivity contribution in [2.75, 3.05) is 0 Å². The molecule has 0 fully saturated rings. The molecule has 0 aromatic heterocycles. The fourth-order valence-electron chi connectivity index (χ4n) is 1.04. The Morgan fingerprint density at radius 1 is 1.36 bits per heavy atom. The Labute approximate surface area is 70.5 Å². The first-order valence-corrected chi connectivity index (χ1v) is 7.84. The van der Waals surface area contributed by atoms with Gasteiger partial charge in [-0.15, -0.1) is 0 Å². The zero-order chi connectivity index (χ0) is 8.91. The molecule has 0 aromatic rings. The van der Waals surface area contributed by atoms with Crippen molar-refractivity contribution < 1.29 is 4.79 Å². The second-order valence-corrected chi connectivity index (χ2v) is 9.52. The smallest absolute Gasteiger partial charge is 0.145 e. The second kappa shape index (κ2) is 4.49. The van der Waals surface area contributed by atoms with Crippen LogP contribution in [0.2, 0.25) is 25.7 Å². The topological polar surface area (TPSA) is 17.1 Å². The molecular weight excluding hydrogens is 152 g/mol. The van der Waals surface area contributed by atoms with Crippen LogP contribution in [0.1, 0.15) is 13.3 Å². The van der Waals surface area contributed by atoms with Crippen LogP contribution in [0.5, 0.6) is 0 Å². The third kappa shape index (κ3) is 6.04. The normalized spacial score (nSPS) is 13.3. The molecule has 0 atom stereocenters. The van der Waals surface area contributed by atoms with Crippen LogP contribution >= 0.6 is 0 Å². The van der Waals surface area contributed by atoms with E-state index in [1.54, 1.807) is 0 Å². The van der Waals surface area contributed by atoms with Crippen molar-refractivity contribution in [2.45, 2.75) is 39.0 Å². The summed E-state index contributed by atoms with van der Waals surface area (Å²) in [5.74, 6) is 0. The number of hydrogen-bond acceptors (Lipinski definition) is 1.